The number of aryl methyl sites for hydroxylation is 1. The van der Waals surface area contributed by atoms with Gasteiger partial charge in [0.15, 0.2) is 0 Å². The van der Waals surface area contributed by atoms with Crippen LogP contribution in [0.2, 0.25) is 0 Å². The average molecular weight is 399 g/mol. The van der Waals surface area contributed by atoms with Crippen molar-refractivity contribution in [1.82, 2.24) is 10.2 Å². The quantitative estimate of drug-likeness (QED) is 0.473. The van der Waals surface area contributed by atoms with Crippen LogP contribution < -0.4 is 10.2 Å². The summed E-state index contributed by atoms with van der Waals surface area (Å²) in [5.41, 5.74) is 2.08. The van der Waals surface area contributed by atoms with Gasteiger partial charge in [-0.05, 0) is 50.8 Å². The van der Waals surface area contributed by atoms with Crippen LogP contribution in [0.25, 0.3) is 0 Å². The predicted octanol–water partition coefficient (Wildman–Crippen LogP) is 2.05. The van der Waals surface area contributed by atoms with E-state index in [-0.39, 0.29) is 17.5 Å². The van der Waals surface area contributed by atoms with E-state index >= 15 is 0 Å². The minimum absolute atomic E-state index is 0.0971. The molecular formula is C21H25N3O5. The van der Waals surface area contributed by atoms with Gasteiger partial charge in [0.05, 0.1) is 18.2 Å². The van der Waals surface area contributed by atoms with E-state index in [9.17, 15) is 19.2 Å². The standard InChI is InChI=1S/C21H25N3O5/c1-4-29-20(27)15-8-10-23(11-9-15)12-16-18(25)22-21(28)24(19(16)26)17-7-5-6-13(2)14(17)3/h5-7,12,15H,4,8-11H2,1-3H3,(H,22,25,28)/b16-12+. The molecule has 3 rings (SSSR count). The normalized spacial score (nSPS) is 19.6. The Morgan fingerprint density at radius 1 is 1.21 bits per heavy atom. The van der Waals surface area contributed by atoms with E-state index in [1.54, 1.807) is 19.1 Å². The second-order valence-corrected chi connectivity index (χ2v) is 7.22. The monoisotopic (exact) mass is 399 g/mol. The van der Waals surface area contributed by atoms with Crippen molar-refractivity contribution in [3.63, 3.8) is 0 Å². The number of anilines is 1. The third kappa shape index (κ3) is 4.16. The van der Waals surface area contributed by atoms with Crippen molar-refractivity contribution >= 4 is 29.5 Å². The maximum atomic E-state index is 13.0. The molecule has 0 saturated carbocycles. The van der Waals surface area contributed by atoms with Crippen LogP contribution in [0.3, 0.4) is 0 Å². The van der Waals surface area contributed by atoms with Crippen LogP contribution in [0.15, 0.2) is 30.0 Å². The zero-order valence-electron chi connectivity index (χ0n) is 16.9. The number of nitrogens with one attached hydrogen (secondary N) is 1. The molecule has 8 heteroatoms. The molecule has 29 heavy (non-hydrogen) atoms. The van der Waals surface area contributed by atoms with E-state index in [4.69, 9.17) is 4.74 Å². The number of nitrogens with zero attached hydrogens (tertiary/aromatic N) is 2. The van der Waals surface area contributed by atoms with Crippen molar-refractivity contribution in [2.45, 2.75) is 33.6 Å². The average Bonchev–Trinajstić information content (AvgIpc) is 2.69. The minimum Gasteiger partial charge on any atom is -0.466 e. The van der Waals surface area contributed by atoms with Crippen molar-refractivity contribution in [2.24, 2.45) is 5.92 Å². The zero-order chi connectivity index (χ0) is 21.1. The highest BCUT2D eigenvalue weighted by molar-refractivity contribution is 6.37. The zero-order valence-corrected chi connectivity index (χ0v) is 16.9. The van der Waals surface area contributed by atoms with Crippen LogP contribution in [0.5, 0.6) is 0 Å². The lowest BCUT2D eigenvalue weighted by Gasteiger charge is -2.32. The fourth-order valence-corrected chi connectivity index (χ4v) is 3.55. The Morgan fingerprint density at radius 2 is 1.90 bits per heavy atom. The van der Waals surface area contributed by atoms with Crippen LogP contribution in [-0.2, 0) is 19.1 Å². The van der Waals surface area contributed by atoms with Gasteiger partial charge in [-0.2, -0.15) is 0 Å². The molecule has 0 aromatic heterocycles. The first-order valence-electron chi connectivity index (χ1n) is 9.72. The number of likely N-dealkylation sites (tertiary alicyclic amines) is 1. The van der Waals surface area contributed by atoms with E-state index < -0.39 is 17.8 Å². The van der Waals surface area contributed by atoms with Crippen molar-refractivity contribution in [1.29, 1.82) is 0 Å². The number of barbiturate groups is 1. The highest BCUT2D eigenvalue weighted by Gasteiger charge is 2.38. The summed E-state index contributed by atoms with van der Waals surface area (Å²) in [6.45, 7) is 6.87. The van der Waals surface area contributed by atoms with Crippen molar-refractivity contribution in [2.75, 3.05) is 24.6 Å². The van der Waals surface area contributed by atoms with Crippen LogP contribution in [0.1, 0.15) is 30.9 Å². The first-order valence-corrected chi connectivity index (χ1v) is 9.72. The summed E-state index contributed by atoms with van der Waals surface area (Å²) in [4.78, 5) is 52.4. The topological polar surface area (TPSA) is 96.0 Å². The molecule has 0 bridgehead atoms. The second kappa shape index (κ2) is 8.46. The van der Waals surface area contributed by atoms with Crippen LogP contribution in [-0.4, -0.2) is 48.4 Å². The number of imide groups is 2. The van der Waals surface area contributed by atoms with Crippen LogP contribution in [0.4, 0.5) is 10.5 Å². The van der Waals surface area contributed by atoms with E-state index in [0.717, 1.165) is 16.0 Å². The maximum Gasteiger partial charge on any atom is 0.335 e. The fraction of sp³-hybridized carbons (Fsp3) is 0.429. The number of esters is 1. The molecule has 2 aliphatic heterocycles. The molecule has 2 saturated heterocycles. The SMILES string of the molecule is CCOC(=O)C1CCN(/C=C2\C(=O)NC(=O)N(c3cccc(C)c3C)C2=O)CC1. The second-order valence-electron chi connectivity index (χ2n) is 7.22. The maximum absolute atomic E-state index is 13.0. The fourth-order valence-electron chi connectivity index (χ4n) is 3.55. The van der Waals surface area contributed by atoms with Gasteiger partial charge in [0.2, 0.25) is 0 Å². The Labute approximate surface area is 169 Å². The van der Waals surface area contributed by atoms with E-state index in [1.807, 2.05) is 24.8 Å². The Bertz CT molecular complexity index is 884. The summed E-state index contributed by atoms with van der Waals surface area (Å²) in [6, 6.07) is 4.57. The van der Waals surface area contributed by atoms with E-state index in [0.29, 0.717) is 38.2 Å². The summed E-state index contributed by atoms with van der Waals surface area (Å²) in [5.74, 6) is -1.75. The number of piperidine rings is 1. The van der Waals surface area contributed by atoms with Gasteiger partial charge in [-0.15, -0.1) is 0 Å². The highest BCUT2D eigenvalue weighted by atomic mass is 16.5. The summed E-state index contributed by atoms with van der Waals surface area (Å²) in [7, 11) is 0. The van der Waals surface area contributed by atoms with Crippen LogP contribution >= 0.6 is 0 Å². The number of carbonyl (C=O) groups excluding carboxylic acids is 4. The Kier molecular flexibility index (Phi) is 6.00. The van der Waals surface area contributed by atoms with E-state index in [1.165, 1.54) is 6.20 Å². The predicted molar refractivity (Wildman–Crippen MR) is 106 cm³/mol. The number of carbonyl (C=O) groups is 4. The van der Waals surface area contributed by atoms with Gasteiger partial charge in [-0.1, -0.05) is 12.1 Å². The summed E-state index contributed by atoms with van der Waals surface area (Å²) < 4.78 is 5.06. The lowest BCUT2D eigenvalue weighted by atomic mass is 9.97. The summed E-state index contributed by atoms with van der Waals surface area (Å²) >= 11 is 0. The number of hydrogen-bond donors (Lipinski definition) is 1. The lowest BCUT2D eigenvalue weighted by Crippen LogP contribution is -2.55. The minimum atomic E-state index is -0.758. The molecule has 0 aliphatic carbocycles. The molecule has 1 aromatic rings. The molecule has 2 heterocycles. The van der Waals surface area contributed by atoms with Gasteiger partial charge in [-0.25, -0.2) is 9.69 Å². The van der Waals surface area contributed by atoms with Gasteiger partial charge >= 0.3 is 12.0 Å². The summed E-state index contributed by atoms with van der Waals surface area (Å²) in [6.07, 6.45) is 2.65. The molecule has 1 N–H and O–H groups in total. The molecule has 0 radical (unpaired) electrons. The molecule has 2 aliphatic rings. The van der Waals surface area contributed by atoms with E-state index in [2.05, 4.69) is 5.32 Å². The largest absolute Gasteiger partial charge is 0.466 e. The number of amides is 4. The van der Waals surface area contributed by atoms with Crippen molar-refractivity contribution in [3.8, 4) is 0 Å². The molecule has 8 nitrogen and oxygen atoms in total. The number of rotatable bonds is 4. The number of urea groups is 1. The molecule has 0 spiro atoms. The van der Waals surface area contributed by atoms with Gasteiger partial charge < -0.3 is 9.64 Å². The molecule has 154 valence electrons. The lowest BCUT2D eigenvalue weighted by molar-refractivity contribution is -0.149. The van der Waals surface area contributed by atoms with Crippen LogP contribution in [0, 0.1) is 19.8 Å². The van der Waals surface area contributed by atoms with Gasteiger partial charge in [0.1, 0.15) is 5.57 Å². The molecule has 0 unspecified atom stereocenters. The van der Waals surface area contributed by atoms with Crippen molar-refractivity contribution < 1.29 is 23.9 Å². The molecule has 0 atom stereocenters. The number of hydrogen-bond acceptors (Lipinski definition) is 6. The van der Waals surface area contributed by atoms with Gasteiger partial charge in [-0.3, -0.25) is 19.7 Å². The number of benzene rings is 1. The van der Waals surface area contributed by atoms with Gasteiger partial charge in [0.25, 0.3) is 11.8 Å². The summed E-state index contributed by atoms with van der Waals surface area (Å²) in [5, 5.41) is 2.25. The van der Waals surface area contributed by atoms with Crippen molar-refractivity contribution in [3.05, 3.63) is 41.1 Å². The van der Waals surface area contributed by atoms with Gasteiger partial charge in [0, 0.05) is 19.3 Å². The smallest absolute Gasteiger partial charge is 0.335 e. The Balaban J connectivity index is 1.80. The molecule has 2 fully saturated rings. The number of ether oxygens (including phenoxy) is 1. The first-order chi connectivity index (χ1) is 13.8. The molecule has 4 amide bonds. The highest BCUT2D eigenvalue weighted by Crippen LogP contribution is 2.27. The molecule has 1 aromatic carbocycles. The molecular weight excluding hydrogens is 374 g/mol. The third-order valence-corrected chi connectivity index (χ3v) is 5.38. The first kappa shape index (κ1) is 20.6. The third-order valence-electron chi connectivity index (χ3n) is 5.38. The Morgan fingerprint density at radius 3 is 2.55 bits per heavy atom. The Hall–Kier alpha value is -3.16.